The van der Waals surface area contributed by atoms with Gasteiger partial charge in [-0.1, -0.05) is 41.9 Å². The van der Waals surface area contributed by atoms with Crippen LogP contribution in [0.15, 0.2) is 28.7 Å². The minimum Gasteiger partial charge on any atom is -0.368 e. The van der Waals surface area contributed by atoms with Gasteiger partial charge in [0, 0.05) is 4.47 Å². The molecule has 1 rings (SSSR count). The first-order valence-electron chi connectivity index (χ1n) is 5.67. The Morgan fingerprint density at radius 3 is 2.35 bits per heavy atom. The Kier molecular flexibility index (Phi) is 4.71. The largest absolute Gasteiger partial charge is 0.368 e. The lowest BCUT2D eigenvalue weighted by atomic mass is 9.90. The molecule has 0 fully saturated rings. The van der Waals surface area contributed by atoms with Crippen molar-refractivity contribution in [1.82, 2.24) is 5.32 Å². The fraction of sp³-hybridized carbons (Fsp3) is 0.462. The Morgan fingerprint density at radius 2 is 1.94 bits per heavy atom. The summed E-state index contributed by atoms with van der Waals surface area (Å²) < 4.78 is 0.983. The predicted octanol–water partition coefficient (Wildman–Crippen LogP) is 2.40. The average molecular weight is 299 g/mol. The molecule has 1 atom stereocenters. The van der Waals surface area contributed by atoms with Crippen LogP contribution in [0.1, 0.15) is 26.3 Å². The zero-order chi connectivity index (χ0) is 13.1. The molecule has 0 saturated carbocycles. The molecule has 0 heterocycles. The van der Waals surface area contributed by atoms with E-state index in [1.54, 1.807) is 0 Å². The Morgan fingerprint density at radius 1 is 1.41 bits per heavy atom. The van der Waals surface area contributed by atoms with E-state index in [2.05, 4.69) is 35.1 Å². The quantitative estimate of drug-likeness (QED) is 0.877. The first-order valence-corrected chi connectivity index (χ1v) is 6.46. The molecule has 0 saturated heterocycles. The van der Waals surface area contributed by atoms with Crippen LogP contribution >= 0.6 is 15.9 Å². The molecule has 0 bridgehead atoms. The predicted molar refractivity (Wildman–Crippen MR) is 73.5 cm³/mol. The van der Waals surface area contributed by atoms with Crippen molar-refractivity contribution in [2.75, 3.05) is 6.54 Å². The van der Waals surface area contributed by atoms with E-state index < -0.39 is 5.54 Å². The lowest BCUT2D eigenvalue weighted by molar-refractivity contribution is -0.124. The summed E-state index contributed by atoms with van der Waals surface area (Å²) in [6.45, 7) is 6.75. The van der Waals surface area contributed by atoms with E-state index in [1.165, 1.54) is 0 Å². The molecule has 1 unspecified atom stereocenters. The molecule has 0 radical (unpaired) electrons. The van der Waals surface area contributed by atoms with E-state index in [-0.39, 0.29) is 5.91 Å². The summed E-state index contributed by atoms with van der Waals surface area (Å²) in [5, 5.41) is 3.24. The third-order valence-electron chi connectivity index (χ3n) is 2.78. The summed E-state index contributed by atoms with van der Waals surface area (Å²) in [7, 11) is 0. The number of halogens is 1. The van der Waals surface area contributed by atoms with Crippen molar-refractivity contribution >= 4 is 21.8 Å². The maximum Gasteiger partial charge on any atom is 0.242 e. The second kappa shape index (κ2) is 5.65. The molecule has 0 aromatic heterocycles. The Hall–Kier alpha value is -0.870. The highest BCUT2D eigenvalue weighted by Gasteiger charge is 2.32. The standard InChI is InChI=1S/C13H19BrN2O/c1-9(2)8-16-13(3,12(15)17)10-4-6-11(14)7-5-10/h4-7,9,16H,8H2,1-3H3,(H2,15,17). The second-order valence-corrected chi connectivity index (χ2v) is 5.69. The highest BCUT2D eigenvalue weighted by Crippen LogP contribution is 2.22. The molecule has 17 heavy (non-hydrogen) atoms. The maximum absolute atomic E-state index is 11.7. The Labute approximate surface area is 111 Å². The van der Waals surface area contributed by atoms with Gasteiger partial charge in [0.2, 0.25) is 5.91 Å². The number of carbonyl (C=O) groups excluding carboxylic acids is 1. The van der Waals surface area contributed by atoms with Crippen LogP contribution in [0.5, 0.6) is 0 Å². The number of nitrogens with one attached hydrogen (secondary N) is 1. The van der Waals surface area contributed by atoms with Gasteiger partial charge in [-0.2, -0.15) is 0 Å². The van der Waals surface area contributed by atoms with Crippen molar-refractivity contribution in [2.45, 2.75) is 26.3 Å². The zero-order valence-electron chi connectivity index (χ0n) is 10.5. The van der Waals surface area contributed by atoms with Gasteiger partial charge < -0.3 is 5.73 Å². The summed E-state index contributed by atoms with van der Waals surface area (Å²) in [5.74, 6) is 0.101. The molecule has 0 aliphatic carbocycles. The molecule has 94 valence electrons. The Bertz CT molecular complexity index is 389. The third kappa shape index (κ3) is 3.54. The zero-order valence-corrected chi connectivity index (χ0v) is 12.0. The minimum atomic E-state index is -0.815. The van der Waals surface area contributed by atoms with Crippen molar-refractivity contribution in [3.63, 3.8) is 0 Å². The van der Waals surface area contributed by atoms with Crippen LogP contribution in [0.25, 0.3) is 0 Å². The van der Waals surface area contributed by atoms with Gasteiger partial charge in [-0.15, -0.1) is 0 Å². The molecule has 0 aliphatic rings. The van der Waals surface area contributed by atoms with Gasteiger partial charge in [0.1, 0.15) is 5.54 Å². The highest BCUT2D eigenvalue weighted by molar-refractivity contribution is 9.10. The van der Waals surface area contributed by atoms with Crippen LogP contribution in [-0.4, -0.2) is 12.5 Å². The van der Waals surface area contributed by atoms with Crippen molar-refractivity contribution in [3.8, 4) is 0 Å². The number of hydrogen-bond donors (Lipinski definition) is 2. The third-order valence-corrected chi connectivity index (χ3v) is 3.31. The van der Waals surface area contributed by atoms with E-state index >= 15 is 0 Å². The molecule has 3 nitrogen and oxygen atoms in total. The van der Waals surface area contributed by atoms with E-state index in [4.69, 9.17) is 5.73 Å². The van der Waals surface area contributed by atoms with Gasteiger partial charge in [-0.05, 0) is 37.1 Å². The molecule has 4 heteroatoms. The highest BCUT2D eigenvalue weighted by atomic mass is 79.9. The van der Waals surface area contributed by atoms with E-state index in [1.807, 2.05) is 31.2 Å². The molecular formula is C13H19BrN2O. The van der Waals surface area contributed by atoms with Crippen LogP contribution in [0, 0.1) is 5.92 Å². The summed E-state index contributed by atoms with van der Waals surface area (Å²) in [5.41, 5.74) is 5.58. The smallest absolute Gasteiger partial charge is 0.242 e. The molecule has 1 amide bonds. The van der Waals surface area contributed by atoms with Gasteiger partial charge in [0.25, 0.3) is 0 Å². The molecule has 1 aromatic rings. The number of benzene rings is 1. The van der Waals surface area contributed by atoms with Crippen LogP contribution in [0.4, 0.5) is 0 Å². The van der Waals surface area contributed by atoms with E-state index in [0.29, 0.717) is 5.92 Å². The van der Waals surface area contributed by atoms with Crippen LogP contribution < -0.4 is 11.1 Å². The maximum atomic E-state index is 11.7. The number of hydrogen-bond acceptors (Lipinski definition) is 2. The first kappa shape index (κ1) is 14.2. The fourth-order valence-electron chi connectivity index (χ4n) is 1.52. The van der Waals surface area contributed by atoms with Gasteiger partial charge >= 0.3 is 0 Å². The summed E-state index contributed by atoms with van der Waals surface area (Å²) >= 11 is 3.37. The summed E-state index contributed by atoms with van der Waals surface area (Å²) in [6, 6.07) is 7.63. The van der Waals surface area contributed by atoms with Gasteiger partial charge in [0.05, 0.1) is 0 Å². The molecule has 3 N–H and O–H groups in total. The van der Waals surface area contributed by atoms with Crippen molar-refractivity contribution in [3.05, 3.63) is 34.3 Å². The number of amides is 1. The summed E-state index contributed by atoms with van der Waals surface area (Å²) in [6.07, 6.45) is 0. The molecule has 0 aliphatic heterocycles. The number of nitrogens with two attached hydrogens (primary N) is 1. The van der Waals surface area contributed by atoms with Gasteiger partial charge in [-0.25, -0.2) is 0 Å². The lowest BCUT2D eigenvalue weighted by Gasteiger charge is -2.29. The van der Waals surface area contributed by atoms with Crippen LogP contribution in [0.3, 0.4) is 0 Å². The average Bonchev–Trinajstić information content (AvgIpc) is 2.26. The van der Waals surface area contributed by atoms with Crippen molar-refractivity contribution < 1.29 is 4.79 Å². The topological polar surface area (TPSA) is 55.1 Å². The van der Waals surface area contributed by atoms with Gasteiger partial charge in [-0.3, -0.25) is 10.1 Å². The SMILES string of the molecule is CC(C)CNC(C)(C(N)=O)c1ccc(Br)cc1. The van der Waals surface area contributed by atoms with Gasteiger partial charge in [0.15, 0.2) is 0 Å². The van der Waals surface area contributed by atoms with E-state index in [9.17, 15) is 4.79 Å². The van der Waals surface area contributed by atoms with Crippen LogP contribution in [0.2, 0.25) is 0 Å². The molecule has 0 spiro atoms. The first-order chi connectivity index (χ1) is 7.86. The number of primary amides is 1. The lowest BCUT2D eigenvalue weighted by Crippen LogP contribution is -2.51. The van der Waals surface area contributed by atoms with Crippen molar-refractivity contribution in [1.29, 1.82) is 0 Å². The number of rotatable bonds is 5. The second-order valence-electron chi connectivity index (χ2n) is 4.77. The molecule has 1 aromatic carbocycles. The van der Waals surface area contributed by atoms with Crippen molar-refractivity contribution in [2.24, 2.45) is 11.7 Å². The molecular weight excluding hydrogens is 280 g/mol. The number of carbonyl (C=O) groups is 1. The fourth-order valence-corrected chi connectivity index (χ4v) is 1.79. The Balaban J connectivity index is 2.98. The van der Waals surface area contributed by atoms with Crippen LogP contribution in [-0.2, 0) is 10.3 Å². The van der Waals surface area contributed by atoms with E-state index in [0.717, 1.165) is 16.6 Å². The summed E-state index contributed by atoms with van der Waals surface area (Å²) in [4.78, 5) is 11.7. The monoisotopic (exact) mass is 298 g/mol. The minimum absolute atomic E-state index is 0.361. The normalized spacial score (nSPS) is 14.6.